The third kappa shape index (κ3) is 3.06. The van der Waals surface area contributed by atoms with Crippen molar-refractivity contribution < 1.29 is 4.79 Å². The second kappa shape index (κ2) is 6.08. The molecular formula is C16H20ClN3O. The zero-order valence-corrected chi connectivity index (χ0v) is 13.0. The van der Waals surface area contributed by atoms with Crippen LogP contribution in [0.2, 0.25) is 5.02 Å². The minimum atomic E-state index is 0.201. The summed E-state index contributed by atoms with van der Waals surface area (Å²) in [4.78, 5) is 20.0. The number of rotatable bonds is 3. The molecule has 1 aromatic heterocycles. The number of halogens is 1. The van der Waals surface area contributed by atoms with Crippen LogP contribution in [0.1, 0.15) is 12.5 Å². The highest BCUT2D eigenvalue weighted by molar-refractivity contribution is 6.31. The van der Waals surface area contributed by atoms with Crippen molar-refractivity contribution in [3.05, 3.63) is 35.0 Å². The number of H-pyrrole nitrogens is 1. The van der Waals surface area contributed by atoms with E-state index < -0.39 is 0 Å². The molecule has 112 valence electrons. The molecule has 1 aromatic carbocycles. The molecule has 1 saturated heterocycles. The number of carbonyl (C=O) groups excluding carboxylic acids is 1. The number of fused-ring (bicyclic) bond motifs is 1. The Morgan fingerprint density at radius 1 is 1.29 bits per heavy atom. The van der Waals surface area contributed by atoms with E-state index in [1.807, 2.05) is 29.3 Å². The lowest BCUT2D eigenvalue weighted by Gasteiger charge is -2.34. The van der Waals surface area contributed by atoms with Gasteiger partial charge < -0.3 is 14.8 Å². The summed E-state index contributed by atoms with van der Waals surface area (Å²) in [5.41, 5.74) is 2.05. The summed E-state index contributed by atoms with van der Waals surface area (Å²) >= 11 is 6.05. The Balaban J connectivity index is 1.70. The Labute approximate surface area is 129 Å². The molecule has 0 spiro atoms. The van der Waals surface area contributed by atoms with Gasteiger partial charge in [-0.1, -0.05) is 18.5 Å². The molecule has 1 aliphatic heterocycles. The first-order valence-corrected chi connectivity index (χ1v) is 7.81. The Morgan fingerprint density at radius 3 is 2.76 bits per heavy atom. The standard InChI is InChI=1S/C16H20ClN3O/c1-2-19-5-7-20(8-6-19)16(21)9-12-11-18-15-4-3-13(17)10-14(12)15/h3-4,10-11,18H,2,5-9H2,1H3. The molecule has 3 rings (SSSR count). The summed E-state index contributed by atoms with van der Waals surface area (Å²) in [5, 5.41) is 1.75. The van der Waals surface area contributed by atoms with Gasteiger partial charge >= 0.3 is 0 Å². The number of hydrogen-bond acceptors (Lipinski definition) is 2. The number of piperazine rings is 1. The lowest BCUT2D eigenvalue weighted by Crippen LogP contribution is -2.48. The molecule has 2 heterocycles. The van der Waals surface area contributed by atoms with E-state index >= 15 is 0 Å². The van der Waals surface area contributed by atoms with Crippen LogP contribution in [-0.2, 0) is 11.2 Å². The molecule has 0 radical (unpaired) electrons. The average molecular weight is 306 g/mol. The van der Waals surface area contributed by atoms with Crippen LogP contribution in [0.15, 0.2) is 24.4 Å². The Bertz CT molecular complexity index is 644. The molecule has 0 atom stereocenters. The predicted molar refractivity (Wildman–Crippen MR) is 85.7 cm³/mol. The smallest absolute Gasteiger partial charge is 0.227 e. The van der Waals surface area contributed by atoms with Gasteiger partial charge in [-0.15, -0.1) is 0 Å². The maximum Gasteiger partial charge on any atom is 0.227 e. The number of nitrogens with zero attached hydrogens (tertiary/aromatic N) is 2. The molecule has 4 nitrogen and oxygen atoms in total. The first-order valence-electron chi connectivity index (χ1n) is 7.43. The van der Waals surface area contributed by atoms with Crippen molar-refractivity contribution >= 4 is 28.4 Å². The SMILES string of the molecule is CCN1CCN(C(=O)Cc2c[nH]c3ccc(Cl)cc23)CC1. The number of likely N-dealkylation sites (N-methyl/N-ethyl adjacent to an activating group) is 1. The number of aromatic nitrogens is 1. The summed E-state index contributed by atoms with van der Waals surface area (Å²) in [7, 11) is 0. The van der Waals surface area contributed by atoms with Gasteiger partial charge in [0.1, 0.15) is 0 Å². The Hall–Kier alpha value is -1.52. The van der Waals surface area contributed by atoms with Crippen molar-refractivity contribution in [2.75, 3.05) is 32.7 Å². The Morgan fingerprint density at radius 2 is 2.05 bits per heavy atom. The van der Waals surface area contributed by atoms with Gasteiger partial charge in [-0.3, -0.25) is 4.79 Å². The van der Waals surface area contributed by atoms with Crippen molar-refractivity contribution in [3.63, 3.8) is 0 Å². The zero-order chi connectivity index (χ0) is 14.8. The van der Waals surface area contributed by atoms with Crippen LogP contribution in [0.3, 0.4) is 0 Å². The second-order valence-corrected chi connectivity index (χ2v) is 5.93. The largest absolute Gasteiger partial charge is 0.361 e. The van der Waals surface area contributed by atoms with E-state index in [9.17, 15) is 4.79 Å². The van der Waals surface area contributed by atoms with E-state index in [2.05, 4.69) is 16.8 Å². The maximum atomic E-state index is 12.4. The highest BCUT2D eigenvalue weighted by Crippen LogP contribution is 2.23. The number of carbonyl (C=O) groups is 1. The third-order valence-electron chi connectivity index (χ3n) is 4.24. The molecule has 2 aromatic rings. The fourth-order valence-electron chi connectivity index (χ4n) is 2.89. The lowest BCUT2D eigenvalue weighted by molar-refractivity contribution is -0.132. The van der Waals surface area contributed by atoms with E-state index in [0.29, 0.717) is 11.4 Å². The summed E-state index contributed by atoms with van der Waals surface area (Å²) in [6, 6.07) is 5.73. The highest BCUT2D eigenvalue weighted by Gasteiger charge is 2.21. The van der Waals surface area contributed by atoms with Gasteiger partial charge in [0.25, 0.3) is 0 Å². The summed E-state index contributed by atoms with van der Waals surface area (Å²) in [5.74, 6) is 0.201. The fraction of sp³-hybridized carbons (Fsp3) is 0.438. The number of benzene rings is 1. The van der Waals surface area contributed by atoms with Crippen molar-refractivity contribution in [2.24, 2.45) is 0 Å². The summed E-state index contributed by atoms with van der Waals surface area (Å²) < 4.78 is 0. The molecule has 1 fully saturated rings. The van der Waals surface area contributed by atoms with Gasteiger partial charge in [-0.05, 0) is 30.3 Å². The molecule has 0 saturated carbocycles. The van der Waals surface area contributed by atoms with Crippen LogP contribution in [-0.4, -0.2) is 53.4 Å². The van der Waals surface area contributed by atoms with Crippen LogP contribution in [0, 0.1) is 0 Å². The van der Waals surface area contributed by atoms with Gasteiger partial charge in [-0.25, -0.2) is 0 Å². The first-order chi connectivity index (χ1) is 10.2. The maximum absolute atomic E-state index is 12.4. The zero-order valence-electron chi connectivity index (χ0n) is 12.2. The fourth-order valence-corrected chi connectivity index (χ4v) is 3.06. The van der Waals surface area contributed by atoms with Crippen LogP contribution >= 0.6 is 11.6 Å². The van der Waals surface area contributed by atoms with Crippen molar-refractivity contribution in [2.45, 2.75) is 13.3 Å². The van der Waals surface area contributed by atoms with Crippen LogP contribution in [0.5, 0.6) is 0 Å². The third-order valence-corrected chi connectivity index (χ3v) is 4.48. The molecule has 1 N–H and O–H groups in total. The van der Waals surface area contributed by atoms with Gasteiger partial charge in [-0.2, -0.15) is 0 Å². The molecule has 1 amide bonds. The highest BCUT2D eigenvalue weighted by atomic mass is 35.5. The quantitative estimate of drug-likeness (QED) is 0.946. The minimum Gasteiger partial charge on any atom is -0.361 e. The van der Waals surface area contributed by atoms with E-state index in [0.717, 1.165) is 49.2 Å². The van der Waals surface area contributed by atoms with Crippen LogP contribution in [0.4, 0.5) is 0 Å². The van der Waals surface area contributed by atoms with E-state index in [4.69, 9.17) is 11.6 Å². The monoisotopic (exact) mass is 305 g/mol. The normalized spacial score (nSPS) is 16.6. The van der Waals surface area contributed by atoms with Gasteiger partial charge in [0, 0.05) is 48.3 Å². The summed E-state index contributed by atoms with van der Waals surface area (Å²) in [6.07, 6.45) is 2.35. The number of aromatic amines is 1. The molecule has 0 bridgehead atoms. The molecule has 0 aliphatic carbocycles. The second-order valence-electron chi connectivity index (χ2n) is 5.50. The van der Waals surface area contributed by atoms with E-state index in [1.165, 1.54) is 0 Å². The van der Waals surface area contributed by atoms with Crippen LogP contribution in [0.25, 0.3) is 10.9 Å². The Kier molecular flexibility index (Phi) is 4.17. The average Bonchev–Trinajstić information content (AvgIpc) is 2.89. The molecular weight excluding hydrogens is 286 g/mol. The van der Waals surface area contributed by atoms with Gasteiger partial charge in [0.2, 0.25) is 5.91 Å². The number of nitrogens with one attached hydrogen (secondary N) is 1. The predicted octanol–water partition coefficient (Wildman–Crippen LogP) is 2.53. The summed E-state index contributed by atoms with van der Waals surface area (Å²) in [6.45, 7) is 6.83. The minimum absolute atomic E-state index is 0.201. The van der Waals surface area contributed by atoms with E-state index in [1.54, 1.807) is 0 Å². The number of amides is 1. The lowest BCUT2D eigenvalue weighted by atomic mass is 10.1. The van der Waals surface area contributed by atoms with E-state index in [-0.39, 0.29) is 5.91 Å². The number of hydrogen-bond donors (Lipinski definition) is 1. The molecule has 1 aliphatic rings. The molecule has 0 unspecified atom stereocenters. The van der Waals surface area contributed by atoms with Gasteiger partial charge in [0.15, 0.2) is 0 Å². The van der Waals surface area contributed by atoms with Crippen LogP contribution < -0.4 is 0 Å². The van der Waals surface area contributed by atoms with Crippen molar-refractivity contribution in [1.29, 1.82) is 0 Å². The molecule has 5 heteroatoms. The molecule has 21 heavy (non-hydrogen) atoms. The topological polar surface area (TPSA) is 39.3 Å². The van der Waals surface area contributed by atoms with Gasteiger partial charge in [0.05, 0.1) is 6.42 Å². The van der Waals surface area contributed by atoms with Crippen molar-refractivity contribution in [3.8, 4) is 0 Å². The van der Waals surface area contributed by atoms with Crippen molar-refractivity contribution in [1.82, 2.24) is 14.8 Å². The first kappa shape index (κ1) is 14.4.